The largest absolute Gasteiger partial charge is 0.493 e. The van der Waals surface area contributed by atoms with Crippen molar-refractivity contribution in [3.63, 3.8) is 0 Å². The predicted octanol–water partition coefficient (Wildman–Crippen LogP) is 6.37. The van der Waals surface area contributed by atoms with Crippen LogP contribution in [-0.2, 0) is 4.79 Å². The molecule has 0 bridgehead atoms. The van der Waals surface area contributed by atoms with Crippen LogP contribution >= 0.6 is 0 Å². The number of hydrogen-bond donors (Lipinski definition) is 0. The van der Waals surface area contributed by atoms with Gasteiger partial charge in [-0.25, -0.2) is 4.79 Å². The first-order valence-electron chi connectivity index (χ1n) is 11.4. The minimum Gasteiger partial charge on any atom is -0.493 e. The molecule has 5 rings (SSSR count). The van der Waals surface area contributed by atoms with Gasteiger partial charge in [-0.15, -0.1) is 0 Å². The number of fused-ring (bicyclic) bond motifs is 2. The highest BCUT2D eigenvalue weighted by Gasteiger charge is 2.12. The summed E-state index contributed by atoms with van der Waals surface area (Å²) in [5, 5.41) is 2.37. The van der Waals surface area contributed by atoms with Crippen LogP contribution in [0.1, 0.15) is 5.56 Å². The van der Waals surface area contributed by atoms with Crippen molar-refractivity contribution in [1.82, 2.24) is 0 Å². The maximum Gasteiger partial charge on any atom is 0.336 e. The zero-order chi connectivity index (χ0) is 25.8. The number of carbonyl (C=O) groups excluding carboxylic acids is 1. The van der Waals surface area contributed by atoms with Crippen LogP contribution in [0.15, 0.2) is 100 Å². The van der Waals surface area contributed by atoms with E-state index in [1.54, 1.807) is 37.5 Å². The molecular weight excluding hydrogens is 472 g/mol. The molecule has 0 atom stereocenters. The number of hydrogen-bond acceptors (Lipinski definition) is 7. The number of methoxy groups -OCH3 is 2. The average Bonchev–Trinajstić information content (AvgIpc) is 2.93. The molecule has 7 heteroatoms. The molecule has 0 saturated heterocycles. The van der Waals surface area contributed by atoms with Crippen molar-refractivity contribution in [1.29, 1.82) is 0 Å². The van der Waals surface area contributed by atoms with Crippen LogP contribution in [0.5, 0.6) is 28.7 Å². The van der Waals surface area contributed by atoms with Gasteiger partial charge < -0.3 is 23.4 Å². The second kappa shape index (κ2) is 10.3. The highest BCUT2D eigenvalue weighted by atomic mass is 16.5. The fourth-order valence-corrected chi connectivity index (χ4v) is 3.85. The third kappa shape index (κ3) is 5.16. The maximum atomic E-state index is 13.0. The van der Waals surface area contributed by atoms with E-state index >= 15 is 0 Å². The van der Waals surface area contributed by atoms with E-state index < -0.39 is 5.97 Å². The molecule has 0 aliphatic carbocycles. The summed E-state index contributed by atoms with van der Waals surface area (Å²) in [7, 11) is 3.09. The summed E-state index contributed by atoms with van der Waals surface area (Å²) in [6.07, 6.45) is 4.15. The third-order valence-electron chi connectivity index (χ3n) is 5.70. The molecule has 0 amide bonds. The number of ether oxygens (including phenoxy) is 4. The topological polar surface area (TPSA) is 84.2 Å². The molecule has 0 radical (unpaired) electrons. The normalized spacial score (nSPS) is 11.1. The minimum absolute atomic E-state index is 0.0605. The van der Waals surface area contributed by atoms with E-state index in [0.717, 1.165) is 16.3 Å². The highest BCUT2D eigenvalue weighted by Crippen LogP contribution is 2.29. The Balaban J connectivity index is 1.31. The molecule has 1 aromatic heterocycles. The summed E-state index contributed by atoms with van der Waals surface area (Å²) in [5.41, 5.74) is 0.670. The average molecular weight is 494 g/mol. The summed E-state index contributed by atoms with van der Waals surface area (Å²) in [6.45, 7) is 0. The molecule has 0 aliphatic heterocycles. The number of benzene rings is 4. The molecule has 37 heavy (non-hydrogen) atoms. The zero-order valence-corrected chi connectivity index (χ0v) is 20.1. The molecule has 5 aromatic rings. The van der Waals surface area contributed by atoms with Crippen LogP contribution < -0.4 is 24.4 Å². The van der Waals surface area contributed by atoms with Crippen LogP contribution in [0.2, 0.25) is 0 Å². The molecule has 0 aliphatic rings. The van der Waals surface area contributed by atoms with Crippen molar-refractivity contribution in [2.75, 3.05) is 14.2 Å². The molecule has 0 unspecified atom stereocenters. The van der Waals surface area contributed by atoms with E-state index in [4.69, 9.17) is 23.4 Å². The summed E-state index contributed by atoms with van der Waals surface area (Å²) in [5.74, 6) is 1.37. The molecule has 0 saturated carbocycles. The number of esters is 1. The first-order valence-corrected chi connectivity index (χ1v) is 11.4. The standard InChI is InChI=1S/C30H22O7/c1-33-25-13-7-19(15-27(25)34-2)8-14-29(31)37-23-11-12-24-26(17-23)35-18-28(30(24)32)36-22-10-9-20-5-3-4-6-21(20)16-22/h3-18H,1-2H3. The van der Waals surface area contributed by atoms with Crippen molar-refractivity contribution >= 4 is 33.8 Å². The van der Waals surface area contributed by atoms with E-state index in [0.29, 0.717) is 22.6 Å². The third-order valence-corrected chi connectivity index (χ3v) is 5.70. The van der Waals surface area contributed by atoms with Gasteiger partial charge in [-0.2, -0.15) is 0 Å². The molecule has 1 heterocycles. The Morgan fingerprint density at radius 2 is 1.57 bits per heavy atom. The molecule has 184 valence electrons. The number of rotatable bonds is 7. The SMILES string of the molecule is COc1ccc(C=CC(=O)Oc2ccc3c(=O)c(Oc4ccc5ccccc5c4)coc3c2)cc1OC. The van der Waals surface area contributed by atoms with Crippen molar-refractivity contribution in [2.24, 2.45) is 0 Å². The van der Waals surface area contributed by atoms with Crippen molar-refractivity contribution in [3.8, 4) is 28.7 Å². The quantitative estimate of drug-likeness (QED) is 0.148. The van der Waals surface area contributed by atoms with Gasteiger partial charge in [-0.05, 0) is 58.8 Å². The summed E-state index contributed by atoms with van der Waals surface area (Å²) in [6, 6.07) is 23.3. The van der Waals surface area contributed by atoms with Gasteiger partial charge in [-0.1, -0.05) is 36.4 Å². The van der Waals surface area contributed by atoms with Crippen molar-refractivity contribution in [2.45, 2.75) is 0 Å². The Kier molecular flexibility index (Phi) is 6.59. The molecule has 0 fully saturated rings. The van der Waals surface area contributed by atoms with Gasteiger partial charge in [-0.3, -0.25) is 4.79 Å². The molecule has 0 N–H and O–H groups in total. The van der Waals surface area contributed by atoms with E-state index in [-0.39, 0.29) is 22.5 Å². The van der Waals surface area contributed by atoms with Crippen molar-refractivity contribution in [3.05, 3.63) is 107 Å². The minimum atomic E-state index is -0.590. The Hall–Kier alpha value is -5.04. The maximum absolute atomic E-state index is 13.0. The second-order valence-electron chi connectivity index (χ2n) is 8.07. The molecular formula is C30H22O7. The molecule has 4 aromatic carbocycles. The number of carbonyl (C=O) groups is 1. The van der Waals surface area contributed by atoms with Gasteiger partial charge in [0.1, 0.15) is 23.3 Å². The highest BCUT2D eigenvalue weighted by molar-refractivity contribution is 5.89. The van der Waals surface area contributed by atoms with Crippen LogP contribution in [-0.4, -0.2) is 20.2 Å². The van der Waals surface area contributed by atoms with E-state index in [1.165, 1.54) is 37.6 Å². The summed E-state index contributed by atoms with van der Waals surface area (Å²) < 4.78 is 27.3. The first-order chi connectivity index (χ1) is 18.0. The lowest BCUT2D eigenvalue weighted by Gasteiger charge is -2.08. The molecule has 0 spiro atoms. The Morgan fingerprint density at radius 1 is 0.784 bits per heavy atom. The lowest BCUT2D eigenvalue weighted by Crippen LogP contribution is -2.06. The van der Waals surface area contributed by atoms with E-state index in [9.17, 15) is 9.59 Å². The second-order valence-corrected chi connectivity index (χ2v) is 8.07. The van der Waals surface area contributed by atoms with Crippen LogP contribution in [0.25, 0.3) is 27.8 Å². The Labute approximate surface area is 212 Å². The lowest BCUT2D eigenvalue weighted by molar-refractivity contribution is -0.128. The predicted molar refractivity (Wildman–Crippen MR) is 141 cm³/mol. The monoisotopic (exact) mass is 494 g/mol. The van der Waals surface area contributed by atoms with Gasteiger partial charge in [0.2, 0.25) is 11.2 Å². The molecule has 7 nitrogen and oxygen atoms in total. The van der Waals surface area contributed by atoms with Crippen molar-refractivity contribution < 1.29 is 28.2 Å². The van der Waals surface area contributed by atoms with E-state index in [1.807, 2.05) is 36.4 Å². The Morgan fingerprint density at radius 3 is 2.38 bits per heavy atom. The van der Waals surface area contributed by atoms with Gasteiger partial charge in [0.15, 0.2) is 11.5 Å². The zero-order valence-electron chi connectivity index (χ0n) is 20.1. The summed E-state index contributed by atoms with van der Waals surface area (Å²) >= 11 is 0. The van der Waals surface area contributed by atoms with Crippen LogP contribution in [0.3, 0.4) is 0 Å². The fraction of sp³-hybridized carbons (Fsp3) is 0.0667. The van der Waals surface area contributed by atoms with Crippen LogP contribution in [0, 0.1) is 0 Å². The summed E-state index contributed by atoms with van der Waals surface area (Å²) in [4.78, 5) is 25.3. The van der Waals surface area contributed by atoms with Gasteiger partial charge in [0.05, 0.1) is 19.6 Å². The smallest absolute Gasteiger partial charge is 0.336 e. The van der Waals surface area contributed by atoms with Gasteiger partial charge in [0, 0.05) is 12.1 Å². The van der Waals surface area contributed by atoms with Gasteiger partial charge in [0.25, 0.3) is 0 Å². The van der Waals surface area contributed by atoms with Crippen LogP contribution in [0.4, 0.5) is 0 Å². The first kappa shape index (κ1) is 23.7. The fourth-order valence-electron chi connectivity index (χ4n) is 3.85. The van der Waals surface area contributed by atoms with Gasteiger partial charge >= 0.3 is 5.97 Å². The van der Waals surface area contributed by atoms with E-state index in [2.05, 4.69) is 0 Å². The Bertz CT molecular complexity index is 1700. The lowest BCUT2D eigenvalue weighted by atomic mass is 10.1.